The van der Waals surface area contributed by atoms with Gasteiger partial charge in [-0.3, -0.25) is 0 Å². The van der Waals surface area contributed by atoms with Gasteiger partial charge in [-0.15, -0.1) is 5.11 Å². The molecular weight excluding hydrogens is 305 g/mol. The monoisotopic (exact) mass is 319 g/mol. The molecule has 8 heteroatoms. The minimum absolute atomic E-state index is 0. The molecule has 0 spiro atoms. The van der Waals surface area contributed by atoms with E-state index in [1.165, 1.54) is 24.3 Å². The Morgan fingerprint density at radius 1 is 0.636 bits per heavy atom. The highest BCUT2D eigenvalue weighted by atomic mass is 19.2. The highest BCUT2D eigenvalue weighted by Crippen LogP contribution is 2.30. The Hall–Kier alpha value is -2.51. The van der Waals surface area contributed by atoms with Crippen molar-refractivity contribution in [3.63, 3.8) is 0 Å². The summed E-state index contributed by atoms with van der Waals surface area (Å²) in [5.74, 6) is -10.5. The Morgan fingerprint density at radius 2 is 1.05 bits per heavy atom. The molecule has 120 valence electrons. The highest BCUT2D eigenvalue weighted by Gasteiger charge is 2.25. The number of azo groups is 1. The maximum Gasteiger partial charge on any atom is 0.200 e. The number of nitrogens with zero attached hydrogens (tertiary/aromatic N) is 2. The summed E-state index contributed by atoms with van der Waals surface area (Å²) >= 11 is 0. The SMILES string of the molecule is C.C.Nc1ccc(N=Nc2c(F)c(F)c(F)c(F)c2F)cc1. The van der Waals surface area contributed by atoms with Gasteiger partial charge < -0.3 is 5.73 Å². The first-order chi connectivity index (χ1) is 9.41. The van der Waals surface area contributed by atoms with E-state index in [9.17, 15) is 22.0 Å². The number of anilines is 1. The number of nitrogens with two attached hydrogens (primary N) is 1. The third-order valence-electron chi connectivity index (χ3n) is 2.35. The van der Waals surface area contributed by atoms with E-state index in [0.29, 0.717) is 5.69 Å². The van der Waals surface area contributed by atoms with E-state index in [4.69, 9.17) is 5.73 Å². The predicted molar refractivity (Wildman–Crippen MR) is 74.7 cm³/mol. The lowest BCUT2D eigenvalue weighted by Crippen LogP contribution is -2.00. The van der Waals surface area contributed by atoms with Gasteiger partial charge in [0.25, 0.3) is 0 Å². The zero-order chi connectivity index (χ0) is 14.9. The number of benzene rings is 2. The molecule has 0 bridgehead atoms. The van der Waals surface area contributed by atoms with E-state index in [1.54, 1.807) is 0 Å². The maximum atomic E-state index is 13.3. The van der Waals surface area contributed by atoms with Crippen molar-refractivity contribution in [3.8, 4) is 0 Å². The Morgan fingerprint density at radius 3 is 1.50 bits per heavy atom. The smallest absolute Gasteiger partial charge is 0.200 e. The van der Waals surface area contributed by atoms with Gasteiger partial charge in [0.1, 0.15) is 0 Å². The third-order valence-corrected chi connectivity index (χ3v) is 2.35. The molecule has 0 saturated heterocycles. The molecule has 0 aromatic heterocycles. The van der Waals surface area contributed by atoms with Crippen molar-refractivity contribution in [2.45, 2.75) is 14.9 Å². The second-order valence-corrected chi connectivity index (χ2v) is 3.71. The largest absolute Gasteiger partial charge is 0.399 e. The number of hydrogen-bond acceptors (Lipinski definition) is 3. The Balaban J connectivity index is 0.00000220. The van der Waals surface area contributed by atoms with E-state index in [2.05, 4.69) is 10.2 Å². The molecule has 0 heterocycles. The second-order valence-electron chi connectivity index (χ2n) is 3.71. The van der Waals surface area contributed by atoms with Gasteiger partial charge in [0.15, 0.2) is 29.0 Å². The average molecular weight is 319 g/mol. The highest BCUT2D eigenvalue weighted by molar-refractivity contribution is 5.48. The molecule has 0 aliphatic carbocycles. The molecule has 0 fully saturated rings. The molecular formula is C14H14F5N3. The molecule has 0 aliphatic rings. The molecule has 0 atom stereocenters. The van der Waals surface area contributed by atoms with Crippen LogP contribution in [0.5, 0.6) is 0 Å². The summed E-state index contributed by atoms with van der Waals surface area (Å²) in [6, 6.07) is 5.61. The van der Waals surface area contributed by atoms with E-state index in [0.717, 1.165) is 0 Å². The molecule has 0 aliphatic heterocycles. The minimum Gasteiger partial charge on any atom is -0.399 e. The van der Waals surface area contributed by atoms with Crippen LogP contribution in [0.1, 0.15) is 14.9 Å². The first kappa shape index (κ1) is 19.5. The van der Waals surface area contributed by atoms with Crippen molar-refractivity contribution in [1.29, 1.82) is 0 Å². The fourth-order valence-corrected chi connectivity index (χ4v) is 1.33. The standard InChI is InChI=1S/C12H6F5N3.2CH4/c13-7-8(14)10(16)12(11(17)9(7)15)20-19-6-3-1-5(18)2-4-6;;/h1-4H,18H2;2*1H4. The molecule has 2 aromatic rings. The normalized spacial score (nSPS) is 10.2. The molecule has 22 heavy (non-hydrogen) atoms. The third kappa shape index (κ3) is 3.57. The molecule has 3 nitrogen and oxygen atoms in total. The zero-order valence-electron chi connectivity index (χ0n) is 9.67. The summed E-state index contributed by atoms with van der Waals surface area (Å²) in [6.45, 7) is 0. The fraction of sp³-hybridized carbons (Fsp3) is 0.143. The number of hydrogen-bond donors (Lipinski definition) is 1. The maximum absolute atomic E-state index is 13.3. The van der Waals surface area contributed by atoms with Gasteiger partial charge in [-0.2, -0.15) is 5.11 Å². The number of rotatable bonds is 2. The van der Waals surface area contributed by atoms with Crippen LogP contribution < -0.4 is 5.73 Å². The van der Waals surface area contributed by atoms with Crippen molar-refractivity contribution in [3.05, 3.63) is 53.4 Å². The lowest BCUT2D eigenvalue weighted by atomic mass is 10.2. The Bertz CT molecular complexity index is 655. The first-order valence-corrected chi connectivity index (χ1v) is 5.20. The Kier molecular flexibility index (Phi) is 6.63. The van der Waals surface area contributed by atoms with Gasteiger partial charge in [0, 0.05) is 5.69 Å². The van der Waals surface area contributed by atoms with Crippen LogP contribution in [0.25, 0.3) is 0 Å². The van der Waals surface area contributed by atoms with Crippen LogP contribution in [-0.2, 0) is 0 Å². The van der Waals surface area contributed by atoms with Gasteiger partial charge in [0.2, 0.25) is 5.82 Å². The van der Waals surface area contributed by atoms with Crippen molar-refractivity contribution in [2.24, 2.45) is 10.2 Å². The summed E-state index contributed by atoms with van der Waals surface area (Å²) in [7, 11) is 0. The van der Waals surface area contributed by atoms with Crippen LogP contribution in [0, 0.1) is 29.1 Å². The average Bonchev–Trinajstić information content (AvgIpc) is 2.45. The minimum atomic E-state index is -2.24. The second kappa shape index (κ2) is 7.48. The molecule has 0 saturated carbocycles. The molecule has 2 N–H and O–H groups in total. The quantitative estimate of drug-likeness (QED) is 0.251. The van der Waals surface area contributed by atoms with Crippen LogP contribution in [0.2, 0.25) is 0 Å². The van der Waals surface area contributed by atoms with Gasteiger partial charge in [-0.1, -0.05) is 14.9 Å². The molecule has 0 radical (unpaired) electrons. The summed E-state index contributed by atoms with van der Waals surface area (Å²) in [5, 5.41) is 6.44. The van der Waals surface area contributed by atoms with Crippen LogP contribution in [0.4, 0.5) is 39.0 Å². The molecule has 2 rings (SSSR count). The van der Waals surface area contributed by atoms with Crippen LogP contribution in [0.3, 0.4) is 0 Å². The van der Waals surface area contributed by atoms with Crippen molar-refractivity contribution in [1.82, 2.24) is 0 Å². The van der Waals surface area contributed by atoms with Gasteiger partial charge >= 0.3 is 0 Å². The van der Waals surface area contributed by atoms with Crippen molar-refractivity contribution >= 4 is 17.1 Å². The summed E-state index contributed by atoms with van der Waals surface area (Å²) in [6.07, 6.45) is 0. The Labute approximate surface area is 124 Å². The van der Waals surface area contributed by atoms with Crippen LogP contribution >= 0.6 is 0 Å². The fourth-order valence-electron chi connectivity index (χ4n) is 1.33. The molecule has 0 amide bonds. The van der Waals surface area contributed by atoms with E-state index in [-0.39, 0.29) is 20.5 Å². The number of nitrogen functional groups attached to an aromatic ring is 1. The van der Waals surface area contributed by atoms with Crippen molar-refractivity contribution in [2.75, 3.05) is 5.73 Å². The van der Waals surface area contributed by atoms with Gasteiger partial charge in [-0.05, 0) is 24.3 Å². The molecule has 0 unspecified atom stereocenters. The van der Waals surface area contributed by atoms with Crippen LogP contribution in [0.15, 0.2) is 34.5 Å². The predicted octanol–water partition coefficient (Wildman–Crippen LogP) is 5.65. The summed E-state index contributed by atoms with van der Waals surface area (Å²) in [5.41, 5.74) is 4.62. The first-order valence-electron chi connectivity index (χ1n) is 5.20. The number of halogens is 5. The summed E-state index contributed by atoms with van der Waals surface area (Å²) < 4.78 is 65.1. The topological polar surface area (TPSA) is 50.7 Å². The van der Waals surface area contributed by atoms with Crippen molar-refractivity contribution < 1.29 is 22.0 Å². The van der Waals surface area contributed by atoms with Gasteiger partial charge in [0.05, 0.1) is 5.69 Å². The van der Waals surface area contributed by atoms with E-state index >= 15 is 0 Å². The van der Waals surface area contributed by atoms with E-state index < -0.39 is 34.8 Å². The molecule has 2 aromatic carbocycles. The summed E-state index contributed by atoms with van der Waals surface area (Å²) in [4.78, 5) is 0. The zero-order valence-corrected chi connectivity index (χ0v) is 9.67. The lowest BCUT2D eigenvalue weighted by Gasteiger charge is -2.02. The van der Waals surface area contributed by atoms with Gasteiger partial charge in [-0.25, -0.2) is 22.0 Å². The van der Waals surface area contributed by atoms with Crippen LogP contribution in [-0.4, -0.2) is 0 Å². The lowest BCUT2D eigenvalue weighted by molar-refractivity contribution is 0.380. The van der Waals surface area contributed by atoms with E-state index in [1.807, 2.05) is 0 Å².